The Morgan fingerprint density at radius 2 is 1.58 bits per heavy atom. The summed E-state index contributed by atoms with van der Waals surface area (Å²) >= 11 is 0. The Balaban J connectivity index is 1.43. The van der Waals surface area contributed by atoms with Gasteiger partial charge < -0.3 is 18.9 Å². The van der Waals surface area contributed by atoms with Gasteiger partial charge in [-0.15, -0.1) is 0 Å². The fraction of sp³-hybridized carbons (Fsp3) is 0.182. The number of nitrogens with zero attached hydrogens (tertiary/aromatic N) is 2. The minimum atomic E-state index is -0.689. The number of hydrogen-bond acceptors (Lipinski definition) is 7. The number of ether oxygens (including phenoxy) is 4. The molecule has 8 nitrogen and oxygen atoms in total. The summed E-state index contributed by atoms with van der Waals surface area (Å²) in [7, 11) is 4.52. The van der Waals surface area contributed by atoms with Crippen molar-refractivity contribution in [2.45, 2.75) is 20.0 Å². The van der Waals surface area contributed by atoms with Crippen LogP contribution in [0.1, 0.15) is 27.2 Å². The van der Waals surface area contributed by atoms with Crippen LogP contribution in [0.15, 0.2) is 77.7 Å². The molecule has 10 heteroatoms. The third-order valence-corrected chi connectivity index (χ3v) is 6.97. The van der Waals surface area contributed by atoms with E-state index in [1.807, 2.05) is 0 Å². The predicted molar refractivity (Wildman–Crippen MR) is 157 cm³/mol. The highest BCUT2D eigenvalue weighted by atomic mass is 19.1. The zero-order valence-corrected chi connectivity index (χ0v) is 23.9. The average molecular weight is 587 g/mol. The van der Waals surface area contributed by atoms with Gasteiger partial charge in [0.2, 0.25) is 0 Å². The SMILES string of the molecule is COCc1c(C)cc(C(=O)Cc2ccc(Oc3ccnc4cc(OC)c(OC)cc34)c(F)c2)c(=O)n1-c1ccc(F)cc1. The second kappa shape index (κ2) is 12.4. The van der Waals surface area contributed by atoms with Crippen LogP contribution in [0.4, 0.5) is 8.78 Å². The molecule has 220 valence electrons. The minimum Gasteiger partial charge on any atom is -0.493 e. The number of halogens is 2. The molecule has 0 unspecified atom stereocenters. The molecule has 0 saturated heterocycles. The highest BCUT2D eigenvalue weighted by Gasteiger charge is 2.20. The highest BCUT2D eigenvalue weighted by molar-refractivity contribution is 5.97. The van der Waals surface area contributed by atoms with E-state index in [1.54, 1.807) is 31.2 Å². The zero-order chi connectivity index (χ0) is 30.7. The number of aromatic nitrogens is 2. The van der Waals surface area contributed by atoms with Gasteiger partial charge in [0.15, 0.2) is 28.8 Å². The quantitative estimate of drug-likeness (QED) is 0.176. The van der Waals surface area contributed by atoms with Crippen LogP contribution < -0.4 is 19.8 Å². The fourth-order valence-corrected chi connectivity index (χ4v) is 4.83. The molecule has 3 aromatic carbocycles. The summed E-state index contributed by atoms with van der Waals surface area (Å²) in [5, 5.41) is 0.587. The predicted octanol–water partition coefficient (Wildman–Crippen LogP) is 6.35. The van der Waals surface area contributed by atoms with Crippen molar-refractivity contribution in [2.75, 3.05) is 21.3 Å². The van der Waals surface area contributed by atoms with E-state index in [4.69, 9.17) is 18.9 Å². The molecule has 0 amide bonds. The lowest BCUT2D eigenvalue weighted by molar-refractivity contribution is 0.0990. The first-order valence-corrected chi connectivity index (χ1v) is 13.2. The minimum absolute atomic E-state index is 0.0584. The van der Waals surface area contributed by atoms with Crippen LogP contribution in [0.5, 0.6) is 23.0 Å². The lowest BCUT2D eigenvalue weighted by Gasteiger charge is -2.17. The van der Waals surface area contributed by atoms with Crippen LogP contribution >= 0.6 is 0 Å². The molecule has 5 aromatic rings. The van der Waals surface area contributed by atoms with E-state index in [-0.39, 0.29) is 24.3 Å². The molecule has 0 saturated carbocycles. The van der Waals surface area contributed by atoms with Crippen molar-refractivity contribution in [3.63, 3.8) is 0 Å². The third kappa shape index (κ3) is 5.96. The molecule has 2 aromatic heterocycles. The van der Waals surface area contributed by atoms with Gasteiger partial charge in [0.1, 0.15) is 11.6 Å². The molecule has 0 aliphatic rings. The normalized spacial score (nSPS) is 11.0. The number of ketones is 1. The van der Waals surface area contributed by atoms with E-state index in [0.29, 0.717) is 50.7 Å². The van der Waals surface area contributed by atoms with Gasteiger partial charge in [0.25, 0.3) is 5.56 Å². The van der Waals surface area contributed by atoms with Crippen LogP contribution in [0.3, 0.4) is 0 Å². The number of carbonyl (C=O) groups excluding carboxylic acids is 1. The monoisotopic (exact) mass is 586 g/mol. The Bertz CT molecular complexity index is 1890. The van der Waals surface area contributed by atoms with Crippen molar-refractivity contribution in [1.82, 2.24) is 9.55 Å². The summed E-state index contributed by atoms with van der Waals surface area (Å²) in [6.45, 7) is 1.86. The highest BCUT2D eigenvalue weighted by Crippen LogP contribution is 2.37. The van der Waals surface area contributed by atoms with Gasteiger partial charge in [-0.2, -0.15) is 0 Å². The topological polar surface area (TPSA) is 88.9 Å². The van der Waals surface area contributed by atoms with Crippen LogP contribution in [0.25, 0.3) is 16.6 Å². The maximum atomic E-state index is 15.2. The molecule has 0 spiro atoms. The third-order valence-electron chi connectivity index (χ3n) is 6.97. The van der Waals surface area contributed by atoms with E-state index in [9.17, 15) is 14.0 Å². The van der Waals surface area contributed by atoms with Gasteiger partial charge >= 0.3 is 0 Å². The van der Waals surface area contributed by atoms with Gasteiger partial charge in [0, 0.05) is 36.9 Å². The number of rotatable bonds is 10. The maximum absolute atomic E-state index is 15.2. The van der Waals surface area contributed by atoms with Crippen LogP contribution in [0.2, 0.25) is 0 Å². The van der Waals surface area contributed by atoms with E-state index in [0.717, 1.165) is 0 Å². The van der Waals surface area contributed by atoms with Gasteiger partial charge in [0.05, 0.1) is 37.6 Å². The Labute approximate surface area is 246 Å². The Morgan fingerprint density at radius 3 is 2.26 bits per heavy atom. The molecule has 2 heterocycles. The number of methoxy groups -OCH3 is 3. The van der Waals surface area contributed by atoms with Crippen LogP contribution in [-0.4, -0.2) is 36.7 Å². The Morgan fingerprint density at radius 1 is 0.860 bits per heavy atom. The first-order valence-electron chi connectivity index (χ1n) is 13.2. The lowest BCUT2D eigenvalue weighted by atomic mass is 10.0. The van der Waals surface area contributed by atoms with E-state index in [1.165, 1.54) is 74.6 Å². The Hall–Kier alpha value is -5.09. The number of benzene rings is 3. The average Bonchev–Trinajstić information content (AvgIpc) is 3.00. The Kier molecular flexibility index (Phi) is 8.49. The first kappa shape index (κ1) is 29.4. The number of carbonyl (C=O) groups is 1. The summed E-state index contributed by atoms with van der Waals surface area (Å²) in [5.74, 6) is -0.397. The molecule has 0 aliphatic heterocycles. The molecule has 0 bridgehead atoms. The number of hydrogen-bond donors (Lipinski definition) is 0. The van der Waals surface area contributed by atoms with Gasteiger partial charge in [-0.3, -0.25) is 19.1 Å². The maximum Gasteiger partial charge on any atom is 0.266 e. The van der Waals surface area contributed by atoms with Crippen molar-refractivity contribution in [3.8, 4) is 28.7 Å². The van der Waals surface area contributed by atoms with Crippen LogP contribution in [0, 0.1) is 18.6 Å². The molecule has 0 fully saturated rings. The molecular formula is C33H28F2N2O6. The van der Waals surface area contributed by atoms with Crippen molar-refractivity contribution < 1.29 is 32.5 Å². The van der Waals surface area contributed by atoms with Crippen molar-refractivity contribution in [3.05, 3.63) is 117 Å². The lowest BCUT2D eigenvalue weighted by Crippen LogP contribution is -2.29. The summed E-state index contributed by atoms with van der Waals surface area (Å²) in [6, 6.07) is 16.1. The second-order valence-electron chi connectivity index (χ2n) is 9.74. The summed E-state index contributed by atoms with van der Waals surface area (Å²) in [5.41, 5.74) is 1.83. The standard InChI is InChI=1S/C33H28F2N2O6/c1-19-13-24(33(39)37(27(19)18-40-2)22-8-6-21(34)7-9-22)28(38)15-20-5-10-30(25(35)14-20)43-29-11-12-36-26-17-32(42-4)31(41-3)16-23(26)29/h5-14,16-17H,15,18H2,1-4H3. The molecule has 0 atom stereocenters. The van der Waals surface area contributed by atoms with Crippen molar-refractivity contribution >= 4 is 16.7 Å². The zero-order valence-electron chi connectivity index (χ0n) is 23.9. The summed E-state index contributed by atoms with van der Waals surface area (Å²) < 4.78 is 52.0. The summed E-state index contributed by atoms with van der Waals surface area (Å²) in [4.78, 5) is 31.2. The van der Waals surface area contributed by atoms with Crippen molar-refractivity contribution in [1.29, 1.82) is 0 Å². The van der Waals surface area contributed by atoms with Crippen LogP contribution in [-0.2, 0) is 17.8 Å². The number of Topliss-reactive ketones (excluding diaryl/α,β-unsaturated/α-hetero) is 1. The van der Waals surface area contributed by atoms with Gasteiger partial charge in [-0.1, -0.05) is 6.07 Å². The molecule has 0 aliphatic carbocycles. The van der Waals surface area contributed by atoms with E-state index in [2.05, 4.69) is 4.98 Å². The smallest absolute Gasteiger partial charge is 0.266 e. The fourth-order valence-electron chi connectivity index (χ4n) is 4.83. The van der Waals surface area contributed by atoms with Gasteiger partial charge in [-0.05, 0) is 72.6 Å². The van der Waals surface area contributed by atoms with Crippen molar-refractivity contribution in [2.24, 2.45) is 0 Å². The first-order chi connectivity index (χ1) is 20.7. The van der Waals surface area contributed by atoms with E-state index < -0.39 is 23.0 Å². The van der Waals surface area contributed by atoms with E-state index >= 15 is 4.39 Å². The number of pyridine rings is 2. The largest absolute Gasteiger partial charge is 0.493 e. The second-order valence-corrected chi connectivity index (χ2v) is 9.74. The number of aryl methyl sites for hydroxylation is 1. The van der Waals surface area contributed by atoms with Gasteiger partial charge in [-0.25, -0.2) is 8.78 Å². The number of fused-ring (bicyclic) bond motifs is 1. The molecule has 0 N–H and O–H groups in total. The molecule has 0 radical (unpaired) electrons. The molecule has 43 heavy (non-hydrogen) atoms. The molecular weight excluding hydrogens is 558 g/mol. The summed E-state index contributed by atoms with van der Waals surface area (Å²) in [6.07, 6.45) is 1.31. The molecule has 5 rings (SSSR count).